The standard InChI is InChI=1S/C21H30N2O2/c1-15-4-8-22(9-5-15)20(24)18-6-10-23(11-7-18)21(25)19-13-16(2)12-17(3)14-19/h12-15,18H,4-11H2,1-3H3. The van der Waals surface area contributed by atoms with Crippen LogP contribution in [-0.2, 0) is 4.79 Å². The highest BCUT2D eigenvalue weighted by Gasteiger charge is 2.31. The molecule has 0 atom stereocenters. The van der Waals surface area contributed by atoms with Gasteiger partial charge in [0, 0.05) is 37.7 Å². The average Bonchev–Trinajstić information content (AvgIpc) is 2.60. The number of aryl methyl sites for hydroxylation is 2. The summed E-state index contributed by atoms with van der Waals surface area (Å²) < 4.78 is 0. The SMILES string of the molecule is Cc1cc(C)cc(C(=O)N2CCC(C(=O)N3CCC(C)CC3)CC2)c1. The van der Waals surface area contributed by atoms with E-state index in [9.17, 15) is 9.59 Å². The molecule has 0 spiro atoms. The quantitative estimate of drug-likeness (QED) is 0.826. The molecule has 4 heteroatoms. The number of piperidine rings is 2. The lowest BCUT2D eigenvalue weighted by molar-refractivity contribution is -0.138. The van der Waals surface area contributed by atoms with E-state index in [-0.39, 0.29) is 11.8 Å². The van der Waals surface area contributed by atoms with Crippen molar-refractivity contribution in [1.29, 1.82) is 0 Å². The molecule has 2 saturated heterocycles. The Morgan fingerprint density at radius 1 is 0.840 bits per heavy atom. The molecule has 2 aliphatic heterocycles. The lowest BCUT2D eigenvalue weighted by Crippen LogP contribution is -2.46. The number of benzene rings is 1. The molecule has 1 aromatic rings. The largest absolute Gasteiger partial charge is 0.342 e. The summed E-state index contributed by atoms with van der Waals surface area (Å²) in [6.07, 6.45) is 3.83. The van der Waals surface area contributed by atoms with Gasteiger partial charge < -0.3 is 9.80 Å². The maximum absolute atomic E-state index is 12.7. The minimum atomic E-state index is 0.0942. The summed E-state index contributed by atoms with van der Waals surface area (Å²) in [6.45, 7) is 9.49. The second-order valence-electron chi connectivity index (χ2n) is 7.95. The summed E-state index contributed by atoms with van der Waals surface area (Å²) in [7, 11) is 0. The summed E-state index contributed by atoms with van der Waals surface area (Å²) >= 11 is 0. The number of hydrogen-bond donors (Lipinski definition) is 0. The maximum Gasteiger partial charge on any atom is 0.253 e. The fourth-order valence-corrected chi connectivity index (χ4v) is 4.10. The zero-order valence-electron chi connectivity index (χ0n) is 15.8. The van der Waals surface area contributed by atoms with Gasteiger partial charge in [0.25, 0.3) is 5.91 Å². The Morgan fingerprint density at radius 2 is 1.36 bits per heavy atom. The number of nitrogens with zero attached hydrogens (tertiary/aromatic N) is 2. The van der Waals surface area contributed by atoms with Gasteiger partial charge in [-0.1, -0.05) is 24.1 Å². The van der Waals surface area contributed by atoms with Crippen molar-refractivity contribution in [2.75, 3.05) is 26.2 Å². The Labute approximate surface area is 151 Å². The van der Waals surface area contributed by atoms with E-state index in [0.717, 1.165) is 61.4 Å². The first-order valence-corrected chi connectivity index (χ1v) is 9.60. The number of likely N-dealkylation sites (tertiary alicyclic amines) is 2. The molecule has 3 rings (SSSR count). The molecule has 25 heavy (non-hydrogen) atoms. The summed E-state index contributed by atoms with van der Waals surface area (Å²) in [5.74, 6) is 1.24. The molecule has 0 N–H and O–H groups in total. The molecule has 2 heterocycles. The highest BCUT2D eigenvalue weighted by Crippen LogP contribution is 2.24. The molecular weight excluding hydrogens is 312 g/mol. The van der Waals surface area contributed by atoms with Gasteiger partial charge in [-0.3, -0.25) is 9.59 Å². The summed E-state index contributed by atoms with van der Waals surface area (Å²) in [5.41, 5.74) is 3.01. The third-order valence-electron chi connectivity index (χ3n) is 5.70. The second kappa shape index (κ2) is 7.59. The van der Waals surface area contributed by atoms with Gasteiger partial charge in [0.2, 0.25) is 5.91 Å². The highest BCUT2D eigenvalue weighted by molar-refractivity contribution is 5.94. The van der Waals surface area contributed by atoms with Crippen molar-refractivity contribution in [2.45, 2.75) is 46.5 Å². The molecule has 2 fully saturated rings. The lowest BCUT2D eigenvalue weighted by atomic mass is 9.92. The van der Waals surface area contributed by atoms with Crippen LogP contribution in [0.25, 0.3) is 0 Å². The molecular formula is C21H30N2O2. The van der Waals surface area contributed by atoms with Crippen molar-refractivity contribution >= 4 is 11.8 Å². The van der Waals surface area contributed by atoms with Crippen LogP contribution < -0.4 is 0 Å². The van der Waals surface area contributed by atoms with Gasteiger partial charge in [-0.05, 0) is 57.6 Å². The van der Waals surface area contributed by atoms with Crippen LogP contribution in [-0.4, -0.2) is 47.8 Å². The van der Waals surface area contributed by atoms with Gasteiger partial charge in [0.15, 0.2) is 0 Å². The average molecular weight is 342 g/mol. The first-order chi connectivity index (χ1) is 11.9. The molecule has 4 nitrogen and oxygen atoms in total. The Kier molecular flexibility index (Phi) is 5.45. The molecule has 0 aromatic heterocycles. The molecule has 2 amide bonds. The van der Waals surface area contributed by atoms with Crippen LogP contribution in [0.4, 0.5) is 0 Å². The molecule has 1 aromatic carbocycles. The van der Waals surface area contributed by atoms with E-state index in [0.29, 0.717) is 19.0 Å². The van der Waals surface area contributed by atoms with Crippen LogP contribution in [0.5, 0.6) is 0 Å². The van der Waals surface area contributed by atoms with E-state index in [1.54, 1.807) is 0 Å². The predicted molar refractivity (Wildman–Crippen MR) is 99.5 cm³/mol. The van der Waals surface area contributed by atoms with Crippen molar-refractivity contribution in [3.05, 3.63) is 34.9 Å². The number of rotatable bonds is 2. The van der Waals surface area contributed by atoms with Crippen LogP contribution >= 0.6 is 0 Å². The van der Waals surface area contributed by atoms with E-state index in [2.05, 4.69) is 13.0 Å². The number of carbonyl (C=O) groups excluding carboxylic acids is 2. The molecule has 136 valence electrons. The van der Waals surface area contributed by atoms with Gasteiger partial charge in [0.1, 0.15) is 0 Å². The van der Waals surface area contributed by atoms with Crippen molar-refractivity contribution in [3.63, 3.8) is 0 Å². The third-order valence-corrected chi connectivity index (χ3v) is 5.70. The van der Waals surface area contributed by atoms with Crippen LogP contribution in [0.15, 0.2) is 18.2 Å². The minimum absolute atomic E-state index is 0.0942. The zero-order valence-corrected chi connectivity index (χ0v) is 15.8. The van der Waals surface area contributed by atoms with E-state index in [1.165, 1.54) is 0 Å². The molecule has 0 unspecified atom stereocenters. The Morgan fingerprint density at radius 3 is 1.92 bits per heavy atom. The van der Waals surface area contributed by atoms with Gasteiger partial charge in [-0.15, -0.1) is 0 Å². The summed E-state index contributed by atoms with van der Waals surface area (Å²) in [6, 6.07) is 6.00. The van der Waals surface area contributed by atoms with Gasteiger partial charge in [-0.2, -0.15) is 0 Å². The monoisotopic (exact) mass is 342 g/mol. The molecule has 0 saturated carbocycles. The van der Waals surface area contributed by atoms with Crippen LogP contribution in [0, 0.1) is 25.7 Å². The first kappa shape index (κ1) is 18.0. The predicted octanol–water partition coefficient (Wildman–Crippen LogP) is 3.41. The third kappa shape index (κ3) is 4.23. The molecule has 0 bridgehead atoms. The van der Waals surface area contributed by atoms with Crippen LogP contribution in [0.3, 0.4) is 0 Å². The number of carbonyl (C=O) groups is 2. The zero-order chi connectivity index (χ0) is 18.0. The van der Waals surface area contributed by atoms with Crippen molar-refractivity contribution in [1.82, 2.24) is 9.80 Å². The van der Waals surface area contributed by atoms with Crippen molar-refractivity contribution in [3.8, 4) is 0 Å². The number of amides is 2. The topological polar surface area (TPSA) is 40.6 Å². The lowest BCUT2D eigenvalue weighted by Gasteiger charge is -2.36. The Hall–Kier alpha value is -1.84. The molecule has 0 radical (unpaired) electrons. The minimum Gasteiger partial charge on any atom is -0.342 e. The maximum atomic E-state index is 12.7. The Balaban J connectivity index is 1.56. The second-order valence-corrected chi connectivity index (χ2v) is 7.95. The fourth-order valence-electron chi connectivity index (χ4n) is 4.10. The van der Waals surface area contributed by atoms with E-state index < -0.39 is 0 Å². The van der Waals surface area contributed by atoms with E-state index >= 15 is 0 Å². The Bertz CT molecular complexity index is 619. The summed E-state index contributed by atoms with van der Waals surface area (Å²) in [5, 5.41) is 0. The normalized spacial score (nSPS) is 20.0. The van der Waals surface area contributed by atoms with Gasteiger partial charge >= 0.3 is 0 Å². The summed E-state index contributed by atoms with van der Waals surface area (Å²) in [4.78, 5) is 29.4. The molecule has 0 aliphatic carbocycles. The first-order valence-electron chi connectivity index (χ1n) is 9.60. The van der Waals surface area contributed by atoms with Gasteiger partial charge in [-0.25, -0.2) is 0 Å². The van der Waals surface area contributed by atoms with Gasteiger partial charge in [0.05, 0.1) is 0 Å². The smallest absolute Gasteiger partial charge is 0.253 e. The number of hydrogen-bond acceptors (Lipinski definition) is 2. The fraction of sp³-hybridized carbons (Fsp3) is 0.619. The van der Waals surface area contributed by atoms with E-state index in [1.807, 2.05) is 35.8 Å². The van der Waals surface area contributed by atoms with E-state index in [4.69, 9.17) is 0 Å². The van der Waals surface area contributed by atoms with Crippen molar-refractivity contribution in [2.24, 2.45) is 11.8 Å². The van der Waals surface area contributed by atoms with Crippen LogP contribution in [0.1, 0.15) is 54.1 Å². The van der Waals surface area contributed by atoms with Crippen molar-refractivity contribution < 1.29 is 9.59 Å². The highest BCUT2D eigenvalue weighted by atomic mass is 16.2. The molecule has 2 aliphatic rings. The van der Waals surface area contributed by atoms with Crippen LogP contribution in [0.2, 0.25) is 0 Å².